The molecule has 0 rings (SSSR count). The molecule has 0 aromatic carbocycles. The Kier molecular flexibility index (Phi) is 9.36. The van der Waals surface area contributed by atoms with Crippen LogP contribution in [-0.4, -0.2) is 19.5 Å². The summed E-state index contributed by atoms with van der Waals surface area (Å²) < 4.78 is 5.15. The molecule has 0 radical (unpaired) electrons. The van der Waals surface area contributed by atoms with Gasteiger partial charge < -0.3 is 4.74 Å². The summed E-state index contributed by atoms with van der Waals surface area (Å²) in [5.74, 6) is 0. The van der Waals surface area contributed by atoms with Crippen LogP contribution in [0.25, 0.3) is 0 Å². The number of carbonyl (C=O) groups is 1. The minimum Gasteiger partial charge on any atom is -0.373 e. The zero-order valence-corrected chi connectivity index (χ0v) is 7.53. The lowest BCUT2D eigenvalue weighted by atomic mass is 10.3. The molecule has 0 spiro atoms. The average molecular weight is 168 g/mol. The molecule has 0 aliphatic rings. The van der Waals surface area contributed by atoms with Crippen LogP contribution < -0.4 is 0 Å². The van der Waals surface area contributed by atoms with Crippen LogP contribution >= 0.6 is 0 Å². The van der Waals surface area contributed by atoms with Crippen LogP contribution in [0, 0.1) is 0 Å². The molecule has 0 aliphatic carbocycles. The van der Waals surface area contributed by atoms with Crippen molar-refractivity contribution in [2.45, 2.75) is 19.8 Å². The highest BCUT2D eigenvalue weighted by atomic mass is 16.5. The number of rotatable bonds is 7. The second-order valence-corrected chi connectivity index (χ2v) is 2.36. The monoisotopic (exact) mass is 168 g/mol. The third-order valence-corrected chi connectivity index (χ3v) is 1.26. The van der Waals surface area contributed by atoms with Crippen LogP contribution in [0.15, 0.2) is 24.3 Å². The molecule has 0 saturated heterocycles. The smallest absolute Gasteiger partial charge is 0.142 e. The predicted molar refractivity (Wildman–Crippen MR) is 50.1 cm³/mol. The maximum absolute atomic E-state index is 9.82. The van der Waals surface area contributed by atoms with Gasteiger partial charge in [0.1, 0.15) is 6.29 Å². The van der Waals surface area contributed by atoms with Crippen LogP contribution in [-0.2, 0) is 9.53 Å². The second kappa shape index (κ2) is 10.1. The van der Waals surface area contributed by atoms with Crippen LogP contribution in [0.4, 0.5) is 0 Å². The molecule has 0 atom stereocenters. The van der Waals surface area contributed by atoms with Crippen molar-refractivity contribution in [1.82, 2.24) is 0 Å². The fourth-order valence-corrected chi connectivity index (χ4v) is 0.668. The first kappa shape index (κ1) is 11.1. The van der Waals surface area contributed by atoms with E-state index in [9.17, 15) is 4.79 Å². The minimum atomic E-state index is 0.509. The SMILES string of the molecule is CCC/C=C\COC/C=C/C=O. The standard InChI is InChI=1S/C10H16O2/c1-2-3-4-6-9-12-10-7-5-8-11/h4-8H,2-3,9-10H2,1H3/b6-4-,7-5+. The Labute approximate surface area is 73.9 Å². The molecule has 68 valence electrons. The first-order chi connectivity index (χ1) is 5.91. The van der Waals surface area contributed by atoms with E-state index in [1.165, 1.54) is 12.5 Å². The Bertz CT molecular complexity index is 148. The van der Waals surface area contributed by atoms with Crippen LogP contribution in [0.5, 0.6) is 0 Å². The molecule has 2 heteroatoms. The van der Waals surface area contributed by atoms with Crippen molar-refractivity contribution in [3.05, 3.63) is 24.3 Å². The van der Waals surface area contributed by atoms with Crippen LogP contribution in [0.2, 0.25) is 0 Å². The van der Waals surface area contributed by atoms with Crippen molar-refractivity contribution >= 4 is 6.29 Å². The molecule has 0 saturated carbocycles. The number of carbonyl (C=O) groups excluding carboxylic acids is 1. The lowest BCUT2D eigenvalue weighted by Crippen LogP contribution is -1.90. The van der Waals surface area contributed by atoms with E-state index in [0.717, 1.165) is 12.7 Å². The summed E-state index contributed by atoms with van der Waals surface area (Å²) in [5.41, 5.74) is 0. The number of ether oxygens (including phenoxy) is 1. The summed E-state index contributed by atoms with van der Waals surface area (Å²) in [6.45, 7) is 3.27. The van der Waals surface area contributed by atoms with E-state index in [1.807, 2.05) is 6.08 Å². The van der Waals surface area contributed by atoms with Gasteiger partial charge in [-0.1, -0.05) is 31.6 Å². The molecule has 0 amide bonds. The Morgan fingerprint density at radius 3 is 2.58 bits per heavy atom. The highest BCUT2D eigenvalue weighted by Gasteiger charge is 1.77. The zero-order chi connectivity index (χ0) is 9.07. The van der Waals surface area contributed by atoms with Gasteiger partial charge in [-0.3, -0.25) is 4.79 Å². The maximum atomic E-state index is 9.82. The highest BCUT2D eigenvalue weighted by molar-refractivity contribution is 5.64. The van der Waals surface area contributed by atoms with Gasteiger partial charge in [0.25, 0.3) is 0 Å². The zero-order valence-electron chi connectivity index (χ0n) is 7.53. The number of hydrogen-bond acceptors (Lipinski definition) is 2. The maximum Gasteiger partial charge on any atom is 0.142 e. The van der Waals surface area contributed by atoms with E-state index >= 15 is 0 Å². The molecule has 12 heavy (non-hydrogen) atoms. The van der Waals surface area contributed by atoms with Gasteiger partial charge in [0.05, 0.1) is 13.2 Å². The number of hydrogen-bond donors (Lipinski definition) is 0. The molecule has 0 N–H and O–H groups in total. The molecular formula is C10H16O2. The van der Waals surface area contributed by atoms with E-state index in [2.05, 4.69) is 13.0 Å². The topological polar surface area (TPSA) is 26.3 Å². The lowest BCUT2D eigenvalue weighted by molar-refractivity contribution is -0.104. The molecule has 0 unspecified atom stereocenters. The summed E-state index contributed by atoms with van der Waals surface area (Å²) in [5, 5.41) is 0. The van der Waals surface area contributed by atoms with Crippen LogP contribution in [0.1, 0.15) is 19.8 Å². The normalized spacial score (nSPS) is 11.4. The first-order valence-electron chi connectivity index (χ1n) is 4.24. The largest absolute Gasteiger partial charge is 0.373 e. The molecule has 0 fully saturated rings. The number of allylic oxidation sites excluding steroid dienone is 2. The van der Waals surface area contributed by atoms with Gasteiger partial charge >= 0.3 is 0 Å². The molecular weight excluding hydrogens is 152 g/mol. The van der Waals surface area contributed by atoms with Crippen molar-refractivity contribution in [2.24, 2.45) is 0 Å². The summed E-state index contributed by atoms with van der Waals surface area (Å²) in [6.07, 6.45) is 10.3. The van der Waals surface area contributed by atoms with Gasteiger partial charge in [0.2, 0.25) is 0 Å². The molecule has 0 heterocycles. The third kappa shape index (κ3) is 9.11. The van der Waals surface area contributed by atoms with Gasteiger partial charge in [-0.15, -0.1) is 0 Å². The summed E-state index contributed by atoms with van der Waals surface area (Å²) in [7, 11) is 0. The molecule has 0 bridgehead atoms. The van der Waals surface area contributed by atoms with Crippen molar-refractivity contribution in [1.29, 1.82) is 0 Å². The Morgan fingerprint density at radius 1 is 1.17 bits per heavy atom. The Balaban J connectivity index is 3.09. The molecule has 0 aromatic rings. The predicted octanol–water partition coefficient (Wildman–Crippen LogP) is 2.11. The number of aldehydes is 1. The second-order valence-electron chi connectivity index (χ2n) is 2.36. The Morgan fingerprint density at radius 2 is 1.92 bits per heavy atom. The van der Waals surface area contributed by atoms with Crippen molar-refractivity contribution < 1.29 is 9.53 Å². The van der Waals surface area contributed by atoms with Gasteiger partial charge in [0, 0.05) is 0 Å². The average Bonchev–Trinajstić information content (AvgIpc) is 2.10. The van der Waals surface area contributed by atoms with Crippen molar-refractivity contribution in [3.63, 3.8) is 0 Å². The fourth-order valence-electron chi connectivity index (χ4n) is 0.668. The minimum absolute atomic E-state index is 0.509. The van der Waals surface area contributed by atoms with Gasteiger partial charge in [-0.2, -0.15) is 0 Å². The molecule has 2 nitrogen and oxygen atoms in total. The highest BCUT2D eigenvalue weighted by Crippen LogP contribution is 1.88. The molecule has 0 aliphatic heterocycles. The van der Waals surface area contributed by atoms with Gasteiger partial charge in [0.15, 0.2) is 0 Å². The van der Waals surface area contributed by atoms with E-state index in [4.69, 9.17) is 4.74 Å². The quantitative estimate of drug-likeness (QED) is 0.252. The van der Waals surface area contributed by atoms with E-state index < -0.39 is 0 Å². The third-order valence-electron chi connectivity index (χ3n) is 1.26. The summed E-state index contributed by atoms with van der Waals surface area (Å²) >= 11 is 0. The first-order valence-corrected chi connectivity index (χ1v) is 4.24. The van der Waals surface area contributed by atoms with Gasteiger partial charge in [-0.25, -0.2) is 0 Å². The lowest BCUT2D eigenvalue weighted by Gasteiger charge is -1.93. The van der Waals surface area contributed by atoms with Crippen molar-refractivity contribution in [2.75, 3.05) is 13.2 Å². The number of unbranched alkanes of at least 4 members (excludes halogenated alkanes) is 1. The van der Waals surface area contributed by atoms with E-state index in [0.29, 0.717) is 13.2 Å². The molecule has 0 aromatic heterocycles. The summed E-state index contributed by atoms with van der Waals surface area (Å²) in [6, 6.07) is 0. The van der Waals surface area contributed by atoms with Crippen molar-refractivity contribution in [3.8, 4) is 0 Å². The fraction of sp³-hybridized carbons (Fsp3) is 0.500. The van der Waals surface area contributed by atoms with Gasteiger partial charge in [-0.05, 0) is 12.5 Å². The summed E-state index contributed by atoms with van der Waals surface area (Å²) in [4.78, 5) is 9.82. The van der Waals surface area contributed by atoms with Crippen LogP contribution in [0.3, 0.4) is 0 Å². The Hall–Kier alpha value is -0.890. The van der Waals surface area contributed by atoms with E-state index in [1.54, 1.807) is 6.08 Å². The van der Waals surface area contributed by atoms with E-state index in [-0.39, 0.29) is 0 Å².